The third-order valence-corrected chi connectivity index (χ3v) is 3.08. The zero-order valence-electron chi connectivity index (χ0n) is 11.0. The molecule has 0 aromatic carbocycles. The van der Waals surface area contributed by atoms with Crippen LogP contribution in [0.25, 0.3) is 0 Å². The normalized spacial score (nSPS) is 19.6. The molecule has 0 bridgehead atoms. The number of rotatable bonds is 3. The van der Waals surface area contributed by atoms with Gasteiger partial charge >= 0.3 is 12.4 Å². The molecule has 1 aliphatic rings. The quantitative estimate of drug-likeness (QED) is 0.868. The topological polar surface area (TPSA) is 45.2 Å². The van der Waals surface area contributed by atoms with Crippen molar-refractivity contribution in [3.05, 3.63) is 23.9 Å². The van der Waals surface area contributed by atoms with Crippen LogP contribution in [0, 0.1) is 0 Å². The number of halogens is 6. The number of hydrogen-bond donors (Lipinski definition) is 1. The van der Waals surface area contributed by atoms with Crippen LogP contribution in [-0.4, -0.2) is 41.1 Å². The molecule has 10 heteroatoms. The van der Waals surface area contributed by atoms with E-state index in [0.717, 1.165) is 12.1 Å². The molecule has 1 aromatic heterocycles. The van der Waals surface area contributed by atoms with E-state index in [0.29, 0.717) is 11.1 Å². The first-order valence-corrected chi connectivity index (χ1v) is 6.21. The highest BCUT2D eigenvalue weighted by Gasteiger charge is 2.39. The molecule has 2 heterocycles. The van der Waals surface area contributed by atoms with Crippen LogP contribution in [0.5, 0.6) is 0 Å². The van der Waals surface area contributed by atoms with Gasteiger partial charge in [-0.05, 0) is 18.6 Å². The fourth-order valence-electron chi connectivity index (χ4n) is 2.07. The minimum absolute atomic E-state index is 0.000193. The number of likely N-dealkylation sites (tertiary alicyclic amines) is 1. The lowest BCUT2D eigenvalue weighted by Gasteiger charge is -2.19. The summed E-state index contributed by atoms with van der Waals surface area (Å²) < 4.78 is 73.9. The Balaban J connectivity index is 1.99. The Labute approximate surface area is 121 Å². The zero-order chi connectivity index (χ0) is 16.5. The molecule has 22 heavy (non-hydrogen) atoms. The van der Waals surface area contributed by atoms with Crippen molar-refractivity contribution in [2.45, 2.75) is 24.8 Å². The number of alkyl halides is 6. The van der Waals surface area contributed by atoms with Crippen LogP contribution in [0.15, 0.2) is 18.3 Å². The van der Waals surface area contributed by atoms with Crippen molar-refractivity contribution in [1.29, 1.82) is 0 Å². The minimum Gasteiger partial charge on any atom is -0.358 e. The van der Waals surface area contributed by atoms with E-state index in [1.807, 2.05) is 0 Å². The van der Waals surface area contributed by atoms with Gasteiger partial charge in [0.2, 0.25) is 5.91 Å². The van der Waals surface area contributed by atoms with Crippen LogP contribution in [0.4, 0.5) is 32.2 Å². The van der Waals surface area contributed by atoms with Crippen molar-refractivity contribution in [3.8, 4) is 0 Å². The molecule has 1 atom stereocenters. The largest absolute Gasteiger partial charge is 0.417 e. The predicted octanol–water partition coefficient (Wildman–Crippen LogP) is 2.68. The number of amides is 1. The van der Waals surface area contributed by atoms with Crippen LogP contribution >= 0.6 is 0 Å². The first-order valence-electron chi connectivity index (χ1n) is 6.21. The summed E-state index contributed by atoms with van der Waals surface area (Å²) in [5.74, 6) is -0.751. The number of nitrogens with zero attached hydrogens (tertiary/aromatic N) is 2. The molecule has 0 aliphatic carbocycles. The summed E-state index contributed by atoms with van der Waals surface area (Å²) in [5, 5.41) is 2.55. The molecule has 1 N–H and O–H groups in total. The maximum atomic E-state index is 12.4. The van der Waals surface area contributed by atoms with Gasteiger partial charge in [0.25, 0.3) is 0 Å². The Bertz CT molecular complexity index is 539. The van der Waals surface area contributed by atoms with Crippen molar-refractivity contribution in [2.24, 2.45) is 0 Å². The Kier molecular flexibility index (Phi) is 4.21. The maximum Gasteiger partial charge on any atom is 0.417 e. The second-order valence-corrected chi connectivity index (χ2v) is 4.79. The van der Waals surface area contributed by atoms with Crippen molar-refractivity contribution < 1.29 is 31.1 Å². The smallest absolute Gasteiger partial charge is 0.358 e. The van der Waals surface area contributed by atoms with Gasteiger partial charge in [0.05, 0.1) is 5.56 Å². The summed E-state index contributed by atoms with van der Waals surface area (Å²) in [7, 11) is 0. The number of carbonyl (C=O) groups is 1. The van der Waals surface area contributed by atoms with E-state index in [4.69, 9.17) is 0 Å². The summed E-state index contributed by atoms with van der Waals surface area (Å²) in [4.78, 5) is 15.9. The molecule has 122 valence electrons. The Morgan fingerprint density at radius 3 is 2.41 bits per heavy atom. The van der Waals surface area contributed by atoms with Crippen LogP contribution < -0.4 is 5.32 Å². The summed E-state index contributed by atoms with van der Waals surface area (Å²) in [6.07, 6.45) is -8.30. The van der Waals surface area contributed by atoms with Crippen LogP contribution in [0.2, 0.25) is 0 Å². The van der Waals surface area contributed by atoms with Crippen molar-refractivity contribution in [2.75, 3.05) is 18.4 Å². The van der Waals surface area contributed by atoms with Gasteiger partial charge < -0.3 is 10.2 Å². The third-order valence-electron chi connectivity index (χ3n) is 3.08. The average molecular weight is 327 g/mol. The van der Waals surface area contributed by atoms with Gasteiger partial charge in [-0.25, -0.2) is 4.98 Å². The number of anilines is 1. The van der Waals surface area contributed by atoms with E-state index in [1.54, 1.807) is 0 Å². The first kappa shape index (κ1) is 16.4. The predicted molar refractivity (Wildman–Crippen MR) is 63.9 cm³/mol. The Morgan fingerprint density at radius 1 is 1.23 bits per heavy atom. The second-order valence-electron chi connectivity index (χ2n) is 4.79. The highest BCUT2D eigenvalue weighted by atomic mass is 19.4. The number of pyridine rings is 1. The summed E-state index contributed by atoms with van der Waals surface area (Å²) in [6, 6.07) is 0.886. The molecule has 0 radical (unpaired) electrons. The van der Waals surface area contributed by atoms with E-state index < -0.39 is 36.4 Å². The molecule has 0 saturated carbocycles. The summed E-state index contributed by atoms with van der Waals surface area (Å²) in [5.41, 5.74) is -0.950. The van der Waals surface area contributed by atoms with Gasteiger partial charge in [-0.2, -0.15) is 26.3 Å². The van der Waals surface area contributed by atoms with Crippen molar-refractivity contribution in [3.63, 3.8) is 0 Å². The van der Waals surface area contributed by atoms with Gasteiger partial charge in [-0.3, -0.25) is 4.79 Å². The van der Waals surface area contributed by atoms with E-state index in [9.17, 15) is 31.1 Å². The lowest BCUT2D eigenvalue weighted by Crippen LogP contribution is -2.39. The third kappa shape index (κ3) is 4.01. The van der Waals surface area contributed by atoms with Gasteiger partial charge in [-0.15, -0.1) is 0 Å². The van der Waals surface area contributed by atoms with Crippen molar-refractivity contribution in [1.82, 2.24) is 9.88 Å². The second kappa shape index (κ2) is 5.65. The van der Waals surface area contributed by atoms with E-state index in [1.165, 1.54) is 0 Å². The number of nitrogens with one attached hydrogen (secondary N) is 1. The van der Waals surface area contributed by atoms with Gasteiger partial charge in [0, 0.05) is 12.7 Å². The van der Waals surface area contributed by atoms with E-state index in [2.05, 4.69) is 10.3 Å². The van der Waals surface area contributed by atoms with Crippen LogP contribution in [-0.2, 0) is 11.0 Å². The highest BCUT2D eigenvalue weighted by molar-refractivity contribution is 5.86. The molecular formula is C12H11F6N3O. The molecule has 1 aromatic rings. The van der Waals surface area contributed by atoms with E-state index in [-0.39, 0.29) is 18.8 Å². The van der Waals surface area contributed by atoms with Gasteiger partial charge in [0.1, 0.15) is 18.4 Å². The molecule has 1 aliphatic heterocycles. The molecular weight excluding hydrogens is 316 g/mol. The van der Waals surface area contributed by atoms with Gasteiger partial charge in [0.15, 0.2) is 0 Å². The van der Waals surface area contributed by atoms with Crippen LogP contribution in [0.3, 0.4) is 0 Å². The first-order chi connectivity index (χ1) is 10.1. The SMILES string of the molecule is O=C1C(Nc2ccc(C(F)(F)F)cn2)CCN1CC(F)(F)F. The van der Waals surface area contributed by atoms with Gasteiger partial charge in [-0.1, -0.05) is 0 Å². The standard InChI is InChI=1S/C12H11F6N3O/c13-11(14,15)6-21-4-3-8(10(21)22)20-9-2-1-7(5-19-9)12(16,17)18/h1-2,5,8H,3-4,6H2,(H,19,20). The maximum absolute atomic E-state index is 12.4. The molecule has 0 spiro atoms. The molecule has 1 saturated heterocycles. The average Bonchev–Trinajstić information content (AvgIpc) is 2.69. The number of carbonyl (C=O) groups excluding carboxylic acids is 1. The molecule has 1 fully saturated rings. The fourth-order valence-corrected chi connectivity index (χ4v) is 2.07. The van der Waals surface area contributed by atoms with Crippen molar-refractivity contribution >= 4 is 11.7 Å². The molecule has 1 unspecified atom stereocenters. The number of aromatic nitrogens is 1. The fraction of sp³-hybridized carbons (Fsp3) is 0.500. The van der Waals surface area contributed by atoms with Crippen LogP contribution in [0.1, 0.15) is 12.0 Å². The summed E-state index contributed by atoms with van der Waals surface area (Å²) >= 11 is 0. The Morgan fingerprint density at radius 2 is 1.91 bits per heavy atom. The number of hydrogen-bond acceptors (Lipinski definition) is 3. The minimum atomic E-state index is -4.53. The molecule has 4 nitrogen and oxygen atoms in total. The molecule has 1 amide bonds. The molecule has 2 rings (SSSR count). The Hall–Kier alpha value is -2.00. The summed E-state index contributed by atoms with van der Waals surface area (Å²) in [6.45, 7) is -1.42. The highest BCUT2D eigenvalue weighted by Crippen LogP contribution is 2.29. The zero-order valence-corrected chi connectivity index (χ0v) is 11.0. The lowest BCUT2D eigenvalue weighted by molar-refractivity contribution is -0.157. The lowest BCUT2D eigenvalue weighted by atomic mass is 10.2. The monoisotopic (exact) mass is 327 g/mol. The van der Waals surface area contributed by atoms with E-state index >= 15 is 0 Å².